The van der Waals surface area contributed by atoms with Crippen LogP contribution in [0.3, 0.4) is 0 Å². The van der Waals surface area contributed by atoms with Crippen LogP contribution < -0.4 is 10.1 Å². The summed E-state index contributed by atoms with van der Waals surface area (Å²) in [4.78, 5) is 15.9. The van der Waals surface area contributed by atoms with Crippen molar-refractivity contribution in [3.63, 3.8) is 0 Å². The van der Waals surface area contributed by atoms with Gasteiger partial charge in [-0.2, -0.15) is 5.10 Å². The lowest BCUT2D eigenvalue weighted by molar-refractivity contribution is -0.114. The molecule has 0 unspecified atom stereocenters. The average Bonchev–Trinajstić information content (AvgIpc) is 3.06. The first-order chi connectivity index (χ1) is 11.3. The Balaban J connectivity index is 2.05. The first-order valence-electron chi connectivity index (χ1n) is 7.90. The topological polar surface area (TPSA) is 68.5 Å². The summed E-state index contributed by atoms with van der Waals surface area (Å²) < 4.78 is 7.34. The second-order valence-corrected chi connectivity index (χ2v) is 6.92. The number of nitrogens with zero attached hydrogens (tertiary/aromatic N) is 3. The molecule has 0 saturated heterocycles. The summed E-state index contributed by atoms with van der Waals surface area (Å²) in [6.45, 7) is 8.49. The Morgan fingerprint density at radius 1 is 1.29 bits per heavy atom. The summed E-state index contributed by atoms with van der Waals surface area (Å²) in [6.07, 6.45) is 0. The minimum atomic E-state index is -0.116. The van der Waals surface area contributed by atoms with E-state index >= 15 is 0 Å². The SMILES string of the molecule is COc1ccc(NC(C)=O)cc1C1=NCc2cc(C(C)(C)C)nn21. The third kappa shape index (κ3) is 2.91. The maximum atomic E-state index is 11.3. The molecule has 6 heteroatoms. The van der Waals surface area contributed by atoms with E-state index in [1.165, 1.54) is 6.92 Å². The number of ether oxygens (including phenoxy) is 1. The number of hydrogen-bond donors (Lipinski definition) is 1. The van der Waals surface area contributed by atoms with E-state index in [-0.39, 0.29) is 11.3 Å². The fourth-order valence-electron chi connectivity index (χ4n) is 2.67. The van der Waals surface area contributed by atoms with Gasteiger partial charge in [-0.25, -0.2) is 4.68 Å². The lowest BCUT2D eigenvalue weighted by Crippen LogP contribution is -2.18. The molecule has 0 atom stereocenters. The fraction of sp³-hybridized carbons (Fsp3) is 0.389. The summed E-state index contributed by atoms with van der Waals surface area (Å²) in [5.74, 6) is 1.32. The first-order valence-corrected chi connectivity index (χ1v) is 7.90. The van der Waals surface area contributed by atoms with Crippen LogP contribution in [0.1, 0.15) is 44.6 Å². The number of carbonyl (C=O) groups is 1. The first kappa shape index (κ1) is 16.2. The molecule has 0 aliphatic carbocycles. The average molecular weight is 326 g/mol. The molecule has 0 fully saturated rings. The summed E-state index contributed by atoms with van der Waals surface area (Å²) in [6, 6.07) is 7.60. The van der Waals surface area contributed by atoms with Crippen LogP contribution >= 0.6 is 0 Å². The standard InChI is InChI=1S/C18H22N4O2/c1-11(23)20-12-6-7-15(24-5)14(8-12)17-19-10-13-9-16(18(2,3)4)21-22(13)17/h6-9H,10H2,1-5H3,(H,20,23). The summed E-state index contributed by atoms with van der Waals surface area (Å²) in [7, 11) is 1.62. The Bertz CT molecular complexity index is 828. The molecule has 3 rings (SSSR count). The number of hydrogen-bond acceptors (Lipinski definition) is 4. The lowest BCUT2D eigenvalue weighted by Gasteiger charge is -2.15. The van der Waals surface area contributed by atoms with Gasteiger partial charge in [-0.3, -0.25) is 9.79 Å². The third-order valence-corrected chi connectivity index (χ3v) is 3.90. The number of rotatable bonds is 3. The van der Waals surface area contributed by atoms with Crippen molar-refractivity contribution in [3.8, 4) is 5.75 Å². The molecule has 0 saturated carbocycles. The number of fused-ring (bicyclic) bond motifs is 1. The molecule has 1 aliphatic heterocycles. The number of aliphatic imine (C=N–C) groups is 1. The molecule has 1 aromatic carbocycles. The van der Waals surface area contributed by atoms with Crippen LogP contribution in [-0.2, 0) is 16.8 Å². The number of anilines is 1. The highest BCUT2D eigenvalue weighted by atomic mass is 16.5. The van der Waals surface area contributed by atoms with Gasteiger partial charge in [0, 0.05) is 18.0 Å². The lowest BCUT2D eigenvalue weighted by atomic mass is 9.92. The molecule has 1 N–H and O–H groups in total. The Morgan fingerprint density at radius 2 is 2.04 bits per heavy atom. The minimum absolute atomic E-state index is 0.0232. The smallest absolute Gasteiger partial charge is 0.221 e. The third-order valence-electron chi connectivity index (χ3n) is 3.90. The maximum Gasteiger partial charge on any atom is 0.221 e. The van der Waals surface area contributed by atoms with Crippen LogP contribution in [0.5, 0.6) is 5.75 Å². The Kier molecular flexibility index (Phi) is 3.91. The zero-order chi connectivity index (χ0) is 17.5. The molecule has 2 heterocycles. The van der Waals surface area contributed by atoms with Crippen molar-refractivity contribution in [1.29, 1.82) is 0 Å². The molecule has 1 aromatic heterocycles. The van der Waals surface area contributed by atoms with E-state index in [2.05, 4.69) is 37.1 Å². The van der Waals surface area contributed by atoms with E-state index in [0.29, 0.717) is 18.0 Å². The van der Waals surface area contributed by atoms with Crippen LogP contribution in [0.4, 0.5) is 5.69 Å². The van der Waals surface area contributed by atoms with Crippen LogP contribution in [0.15, 0.2) is 29.3 Å². The quantitative estimate of drug-likeness (QED) is 0.943. The molecule has 6 nitrogen and oxygen atoms in total. The molecule has 1 amide bonds. The molecule has 2 aromatic rings. The summed E-state index contributed by atoms with van der Waals surface area (Å²) in [5.41, 5.74) is 3.58. The highest BCUT2D eigenvalue weighted by Gasteiger charge is 2.26. The number of amides is 1. The monoisotopic (exact) mass is 326 g/mol. The fourth-order valence-corrected chi connectivity index (χ4v) is 2.67. The number of benzene rings is 1. The molecule has 1 aliphatic rings. The molecule has 0 radical (unpaired) electrons. The van der Waals surface area contributed by atoms with Gasteiger partial charge in [0.25, 0.3) is 0 Å². The van der Waals surface area contributed by atoms with E-state index in [1.807, 2.05) is 22.9 Å². The van der Waals surface area contributed by atoms with Crippen molar-refractivity contribution < 1.29 is 9.53 Å². The highest BCUT2D eigenvalue weighted by Crippen LogP contribution is 2.29. The van der Waals surface area contributed by atoms with E-state index in [4.69, 9.17) is 9.84 Å². The van der Waals surface area contributed by atoms with Crippen molar-refractivity contribution in [2.24, 2.45) is 4.99 Å². The van der Waals surface area contributed by atoms with Gasteiger partial charge in [0.1, 0.15) is 5.75 Å². The molecular weight excluding hydrogens is 304 g/mol. The Labute approximate surface area is 141 Å². The predicted octanol–water partition coefficient (Wildman–Crippen LogP) is 2.96. The largest absolute Gasteiger partial charge is 0.496 e. The van der Waals surface area contributed by atoms with E-state index in [9.17, 15) is 4.79 Å². The predicted molar refractivity (Wildman–Crippen MR) is 93.9 cm³/mol. The van der Waals surface area contributed by atoms with Gasteiger partial charge < -0.3 is 10.1 Å². The van der Waals surface area contributed by atoms with Crippen molar-refractivity contribution >= 4 is 17.4 Å². The number of nitrogens with one attached hydrogen (secondary N) is 1. The van der Waals surface area contributed by atoms with Gasteiger partial charge in [-0.15, -0.1) is 0 Å². The van der Waals surface area contributed by atoms with Gasteiger partial charge in [-0.1, -0.05) is 20.8 Å². The van der Waals surface area contributed by atoms with Crippen LogP contribution in [-0.4, -0.2) is 28.6 Å². The van der Waals surface area contributed by atoms with Crippen LogP contribution in [0, 0.1) is 0 Å². The molecule has 0 spiro atoms. The van der Waals surface area contributed by atoms with Gasteiger partial charge in [0.05, 0.1) is 30.6 Å². The van der Waals surface area contributed by atoms with E-state index in [0.717, 1.165) is 22.8 Å². The number of methoxy groups -OCH3 is 1. The zero-order valence-corrected chi connectivity index (χ0v) is 14.7. The molecule has 0 bridgehead atoms. The van der Waals surface area contributed by atoms with Crippen LogP contribution in [0.2, 0.25) is 0 Å². The van der Waals surface area contributed by atoms with Gasteiger partial charge >= 0.3 is 0 Å². The second kappa shape index (κ2) is 5.78. The normalized spacial score (nSPS) is 13.5. The highest BCUT2D eigenvalue weighted by molar-refractivity contribution is 6.05. The van der Waals surface area contributed by atoms with E-state index < -0.39 is 0 Å². The number of carbonyl (C=O) groups excluding carboxylic acids is 1. The number of aromatic nitrogens is 2. The maximum absolute atomic E-state index is 11.3. The summed E-state index contributed by atoms with van der Waals surface area (Å²) >= 11 is 0. The molecule has 126 valence electrons. The van der Waals surface area contributed by atoms with E-state index in [1.54, 1.807) is 7.11 Å². The van der Waals surface area contributed by atoms with Crippen molar-refractivity contribution in [2.75, 3.05) is 12.4 Å². The van der Waals surface area contributed by atoms with Crippen LogP contribution in [0.25, 0.3) is 0 Å². The van der Waals surface area contributed by atoms with Crippen molar-refractivity contribution in [2.45, 2.75) is 39.7 Å². The Morgan fingerprint density at radius 3 is 2.67 bits per heavy atom. The molecule has 24 heavy (non-hydrogen) atoms. The molecular formula is C18H22N4O2. The minimum Gasteiger partial charge on any atom is -0.496 e. The Hall–Kier alpha value is -2.63. The van der Waals surface area contributed by atoms with Crippen molar-refractivity contribution in [1.82, 2.24) is 9.78 Å². The van der Waals surface area contributed by atoms with Gasteiger partial charge in [0.2, 0.25) is 5.91 Å². The van der Waals surface area contributed by atoms with Gasteiger partial charge in [-0.05, 0) is 24.3 Å². The van der Waals surface area contributed by atoms with Crippen molar-refractivity contribution in [3.05, 3.63) is 41.2 Å². The zero-order valence-electron chi connectivity index (χ0n) is 14.7. The summed E-state index contributed by atoms with van der Waals surface area (Å²) in [5, 5.41) is 7.52. The van der Waals surface area contributed by atoms with Gasteiger partial charge in [0.15, 0.2) is 5.84 Å². The second-order valence-electron chi connectivity index (χ2n) is 6.92.